The third kappa shape index (κ3) is 5.69. The molecule has 102 valence electrons. The van der Waals surface area contributed by atoms with Crippen LogP contribution in [0.15, 0.2) is 24.3 Å². The van der Waals surface area contributed by atoms with Gasteiger partial charge >= 0.3 is 0 Å². The molecular weight excluding hydrogens is 254 g/mol. The van der Waals surface area contributed by atoms with Gasteiger partial charge < -0.3 is 19.9 Å². The standard InChI is InChI=1S/C13H20ClNO3/c1-10(8-17-2)15-7-11(16)9-18-13-6-4-3-5-12(13)14/h3-6,10-11,15-16H,7-9H2,1-2H3. The third-order valence-corrected chi connectivity index (χ3v) is 2.70. The molecule has 1 aromatic carbocycles. The number of nitrogens with one attached hydrogen (secondary N) is 1. The first kappa shape index (κ1) is 15.2. The lowest BCUT2D eigenvalue weighted by Gasteiger charge is -2.17. The minimum absolute atomic E-state index is 0.199. The maximum absolute atomic E-state index is 9.75. The number of hydrogen-bond acceptors (Lipinski definition) is 4. The van der Waals surface area contributed by atoms with Crippen molar-refractivity contribution < 1.29 is 14.6 Å². The molecule has 4 nitrogen and oxygen atoms in total. The summed E-state index contributed by atoms with van der Waals surface area (Å²) < 4.78 is 10.4. The molecule has 2 N–H and O–H groups in total. The van der Waals surface area contributed by atoms with Gasteiger partial charge in [-0.15, -0.1) is 0 Å². The Labute approximate surface area is 113 Å². The molecule has 1 aromatic rings. The molecule has 0 saturated heterocycles. The van der Waals surface area contributed by atoms with Gasteiger partial charge in [-0.1, -0.05) is 23.7 Å². The molecule has 0 radical (unpaired) electrons. The summed E-state index contributed by atoms with van der Waals surface area (Å²) in [6, 6.07) is 7.40. The highest BCUT2D eigenvalue weighted by atomic mass is 35.5. The van der Waals surface area contributed by atoms with E-state index in [4.69, 9.17) is 21.1 Å². The molecule has 5 heteroatoms. The van der Waals surface area contributed by atoms with Crippen molar-refractivity contribution >= 4 is 11.6 Å². The lowest BCUT2D eigenvalue weighted by Crippen LogP contribution is -2.38. The van der Waals surface area contributed by atoms with Gasteiger partial charge in [0.15, 0.2) is 0 Å². The van der Waals surface area contributed by atoms with Gasteiger partial charge in [0.25, 0.3) is 0 Å². The van der Waals surface area contributed by atoms with Gasteiger partial charge in [0.1, 0.15) is 18.5 Å². The summed E-state index contributed by atoms with van der Waals surface area (Å²) in [7, 11) is 1.65. The second kappa shape index (κ2) is 8.32. The topological polar surface area (TPSA) is 50.7 Å². The maximum Gasteiger partial charge on any atom is 0.138 e. The predicted octanol–water partition coefficient (Wildman–Crippen LogP) is 1.70. The zero-order valence-electron chi connectivity index (χ0n) is 10.7. The van der Waals surface area contributed by atoms with Crippen molar-refractivity contribution in [2.45, 2.75) is 19.1 Å². The SMILES string of the molecule is COCC(C)NCC(O)COc1ccccc1Cl. The van der Waals surface area contributed by atoms with Crippen LogP contribution in [0.5, 0.6) is 5.75 Å². The number of halogens is 1. The van der Waals surface area contributed by atoms with Gasteiger partial charge in [-0.05, 0) is 19.1 Å². The molecule has 0 bridgehead atoms. The molecule has 2 atom stereocenters. The average molecular weight is 274 g/mol. The van der Waals surface area contributed by atoms with E-state index < -0.39 is 6.10 Å². The molecule has 0 aliphatic carbocycles. The fourth-order valence-corrected chi connectivity index (χ4v) is 1.64. The van der Waals surface area contributed by atoms with Gasteiger partial charge in [0.05, 0.1) is 11.6 Å². The van der Waals surface area contributed by atoms with E-state index in [0.29, 0.717) is 23.9 Å². The number of hydrogen-bond donors (Lipinski definition) is 2. The summed E-state index contributed by atoms with van der Waals surface area (Å²) >= 11 is 5.94. The van der Waals surface area contributed by atoms with E-state index in [1.807, 2.05) is 19.1 Å². The molecule has 0 spiro atoms. The Balaban J connectivity index is 2.25. The Morgan fingerprint density at radius 1 is 1.33 bits per heavy atom. The highest BCUT2D eigenvalue weighted by Crippen LogP contribution is 2.22. The second-order valence-corrected chi connectivity index (χ2v) is 4.57. The predicted molar refractivity (Wildman–Crippen MR) is 72.3 cm³/mol. The maximum atomic E-state index is 9.75. The monoisotopic (exact) mass is 273 g/mol. The van der Waals surface area contributed by atoms with E-state index in [1.165, 1.54) is 0 Å². The third-order valence-electron chi connectivity index (χ3n) is 2.39. The first-order chi connectivity index (χ1) is 8.63. The van der Waals surface area contributed by atoms with Crippen molar-refractivity contribution in [2.24, 2.45) is 0 Å². The zero-order chi connectivity index (χ0) is 13.4. The first-order valence-electron chi connectivity index (χ1n) is 5.91. The van der Waals surface area contributed by atoms with Crippen molar-refractivity contribution in [3.05, 3.63) is 29.3 Å². The molecule has 1 rings (SSSR count). The smallest absolute Gasteiger partial charge is 0.138 e. The van der Waals surface area contributed by atoms with Crippen LogP contribution in [-0.2, 0) is 4.74 Å². The molecule has 0 heterocycles. The van der Waals surface area contributed by atoms with Crippen LogP contribution >= 0.6 is 11.6 Å². The van der Waals surface area contributed by atoms with Crippen LogP contribution in [0.1, 0.15) is 6.92 Å². The highest BCUT2D eigenvalue weighted by Gasteiger charge is 2.08. The summed E-state index contributed by atoms with van der Waals surface area (Å²) in [5.74, 6) is 0.586. The number of methoxy groups -OCH3 is 1. The second-order valence-electron chi connectivity index (χ2n) is 4.16. The minimum Gasteiger partial charge on any atom is -0.489 e. The van der Waals surface area contributed by atoms with E-state index in [9.17, 15) is 5.11 Å². The number of para-hydroxylation sites is 1. The van der Waals surface area contributed by atoms with Crippen LogP contribution in [0, 0.1) is 0 Å². The zero-order valence-corrected chi connectivity index (χ0v) is 11.5. The molecule has 0 aliphatic rings. The van der Waals surface area contributed by atoms with E-state index >= 15 is 0 Å². The molecule has 2 unspecified atom stereocenters. The number of rotatable bonds is 8. The molecule has 18 heavy (non-hydrogen) atoms. The van der Waals surface area contributed by atoms with Crippen LogP contribution in [0.4, 0.5) is 0 Å². The van der Waals surface area contributed by atoms with Crippen LogP contribution in [-0.4, -0.2) is 44.1 Å². The van der Waals surface area contributed by atoms with Crippen molar-refractivity contribution in [3.63, 3.8) is 0 Å². The van der Waals surface area contributed by atoms with Gasteiger partial charge in [-0.3, -0.25) is 0 Å². The molecule has 0 saturated carbocycles. The fourth-order valence-electron chi connectivity index (χ4n) is 1.45. The number of aliphatic hydroxyl groups excluding tert-OH is 1. The largest absolute Gasteiger partial charge is 0.489 e. The Morgan fingerprint density at radius 2 is 2.06 bits per heavy atom. The summed E-state index contributed by atoms with van der Waals surface area (Å²) in [6.45, 7) is 3.26. The van der Waals surface area contributed by atoms with Crippen molar-refractivity contribution in [3.8, 4) is 5.75 Å². The van der Waals surface area contributed by atoms with Crippen LogP contribution < -0.4 is 10.1 Å². The number of aliphatic hydroxyl groups is 1. The van der Waals surface area contributed by atoms with Gasteiger partial charge in [0.2, 0.25) is 0 Å². The van der Waals surface area contributed by atoms with Crippen molar-refractivity contribution in [2.75, 3.05) is 26.9 Å². The average Bonchev–Trinajstić information content (AvgIpc) is 2.36. The van der Waals surface area contributed by atoms with Gasteiger partial charge in [0, 0.05) is 19.7 Å². The van der Waals surface area contributed by atoms with E-state index in [0.717, 1.165) is 0 Å². The summed E-state index contributed by atoms with van der Waals surface area (Å²) in [6.07, 6.45) is -0.583. The lowest BCUT2D eigenvalue weighted by molar-refractivity contribution is 0.0973. The fraction of sp³-hybridized carbons (Fsp3) is 0.538. The minimum atomic E-state index is -0.583. The van der Waals surface area contributed by atoms with Crippen molar-refractivity contribution in [1.29, 1.82) is 0 Å². The Kier molecular flexibility index (Phi) is 7.05. The molecule has 0 aromatic heterocycles. The van der Waals surface area contributed by atoms with Crippen LogP contribution in [0.3, 0.4) is 0 Å². The Bertz CT molecular complexity index is 349. The summed E-state index contributed by atoms with van der Waals surface area (Å²) in [5.41, 5.74) is 0. The van der Waals surface area contributed by atoms with Crippen LogP contribution in [0.25, 0.3) is 0 Å². The van der Waals surface area contributed by atoms with Gasteiger partial charge in [-0.25, -0.2) is 0 Å². The van der Waals surface area contributed by atoms with Crippen molar-refractivity contribution in [1.82, 2.24) is 5.32 Å². The quantitative estimate of drug-likeness (QED) is 0.757. The number of benzene rings is 1. The lowest BCUT2D eigenvalue weighted by atomic mass is 10.3. The van der Waals surface area contributed by atoms with E-state index in [1.54, 1.807) is 19.2 Å². The highest BCUT2D eigenvalue weighted by molar-refractivity contribution is 6.32. The molecule has 0 amide bonds. The summed E-state index contributed by atoms with van der Waals surface area (Å²) in [5, 5.41) is 13.4. The Hall–Kier alpha value is -0.810. The molecule has 0 fully saturated rings. The first-order valence-corrected chi connectivity index (χ1v) is 6.29. The van der Waals surface area contributed by atoms with Gasteiger partial charge in [-0.2, -0.15) is 0 Å². The normalized spacial score (nSPS) is 14.2. The molecular formula is C13H20ClNO3. The van der Waals surface area contributed by atoms with E-state index in [2.05, 4.69) is 5.32 Å². The van der Waals surface area contributed by atoms with Crippen LogP contribution in [0.2, 0.25) is 5.02 Å². The summed E-state index contributed by atoms with van der Waals surface area (Å²) in [4.78, 5) is 0. The molecule has 0 aliphatic heterocycles. The Morgan fingerprint density at radius 3 is 2.72 bits per heavy atom. The number of ether oxygens (including phenoxy) is 2. The van der Waals surface area contributed by atoms with E-state index in [-0.39, 0.29) is 12.6 Å².